The smallest absolute Gasteiger partial charge is 0.209 e. The molecule has 1 rings (SSSR count). The minimum atomic E-state index is 0.263. The van der Waals surface area contributed by atoms with Gasteiger partial charge in [-0.2, -0.15) is 5.26 Å². The summed E-state index contributed by atoms with van der Waals surface area (Å²) in [6.07, 6.45) is 0. The highest BCUT2D eigenvalue weighted by atomic mass is 16.6. The van der Waals surface area contributed by atoms with Crippen LogP contribution in [0.3, 0.4) is 0 Å². The second kappa shape index (κ2) is 3.12. The van der Waals surface area contributed by atoms with Crippen LogP contribution in [0.25, 0.3) is 0 Å². The van der Waals surface area contributed by atoms with Gasteiger partial charge in [0.25, 0.3) is 0 Å². The highest BCUT2D eigenvalue weighted by Gasteiger charge is 2.08. The minimum absolute atomic E-state index is 0.263. The van der Waals surface area contributed by atoms with E-state index in [1.165, 1.54) is 0 Å². The van der Waals surface area contributed by atoms with Gasteiger partial charge < -0.3 is 4.90 Å². The lowest BCUT2D eigenvalue weighted by atomic mass is 10.3. The summed E-state index contributed by atoms with van der Waals surface area (Å²) in [7, 11) is 3.77. The zero-order chi connectivity index (χ0) is 8.27. The third-order valence-corrected chi connectivity index (χ3v) is 1.13. The van der Waals surface area contributed by atoms with Gasteiger partial charge in [0.15, 0.2) is 0 Å². The number of hydrogen-bond acceptors (Lipinski definition) is 5. The molecule has 0 N–H and O–H groups in total. The van der Waals surface area contributed by atoms with Crippen molar-refractivity contribution >= 4 is 0 Å². The SMILES string of the molecule is CN(C)Cc1nonc1C#N. The zero-order valence-electron chi connectivity index (χ0n) is 6.40. The molecule has 0 fully saturated rings. The van der Waals surface area contributed by atoms with E-state index in [0.29, 0.717) is 12.2 Å². The van der Waals surface area contributed by atoms with Gasteiger partial charge in [0, 0.05) is 6.54 Å². The van der Waals surface area contributed by atoms with Crippen LogP contribution in [0, 0.1) is 11.3 Å². The molecule has 0 spiro atoms. The number of nitriles is 1. The van der Waals surface area contributed by atoms with E-state index in [2.05, 4.69) is 14.9 Å². The Kier molecular flexibility index (Phi) is 2.18. The van der Waals surface area contributed by atoms with E-state index in [-0.39, 0.29) is 5.69 Å². The van der Waals surface area contributed by atoms with Crippen molar-refractivity contribution in [1.29, 1.82) is 5.26 Å². The molecule has 0 aliphatic carbocycles. The maximum absolute atomic E-state index is 8.49. The van der Waals surface area contributed by atoms with E-state index in [9.17, 15) is 0 Å². The first-order valence-corrected chi connectivity index (χ1v) is 3.10. The molecule has 1 aromatic rings. The van der Waals surface area contributed by atoms with Crippen LogP contribution in [-0.2, 0) is 6.54 Å². The summed E-state index contributed by atoms with van der Waals surface area (Å²) >= 11 is 0. The lowest BCUT2D eigenvalue weighted by Gasteiger charge is -2.04. The Labute approximate surface area is 64.2 Å². The number of rotatable bonds is 2. The molecule has 1 heterocycles. The molecule has 0 aliphatic rings. The first-order chi connectivity index (χ1) is 5.24. The van der Waals surface area contributed by atoms with Crippen molar-refractivity contribution in [3.63, 3.8) is 0 Å². The number of aromatic nitrogens is 2. The third-order valence-electron chi connectivity index (χ3n) is 1.13. The number of nitrogens with zero attached hydrogens (tertiary/aromatic N) is 4. The Bertz CT molecular complexity index is 272. The molecule has 0 bridgehead atoms. The Morgan fingerprint density at radius 3 is 2.82 bits per heavy atom. The maximum atomic E-state index is 8.49. The van der Waals surface area contributed by atoms with Crippen LogP contribution < -0.4 is 0 Å². The van der Waals surface area contributed by atoms with Crippen LogP contribution in [-0.4, -0.2) is 29.3 Å². The fourth-order valence-electron chi connectivity index (χ4n) is 0.695. The largest absolute Gasteiger partial charge is 0.303 e. The van der Waals surface area contributed by atoms with E-state index in [0.717, 1.165) is 0 Å². The van der Waals surface area contributed by atoms with Gasteiger partial charge in [0.2, 0.25) is 5.69 Å². The molecule has 11 heavy (non-hydrogen) atoms. The molecule has 0 saturated heterocycles. The van der Waals surface area contributed by atoms with Gasteiger partial charge in [0.05, 0.1) is 0 Å². The average Bonchev–Trinajstić information content (AvgIpc) is 2.34. The second-order valence-electron chi connectivity index (χ2n) is 2.41. The quantitative estimate of drug-likeness (QED) is 0.596. The Hall–Kier alpha value is -1.41. The molecular formula is C6H8N4O. The summed E-state index contributed by atoms with van der Waals surface area (Å²) in [5.41, 5.74) is 0.844. The standard InChI is InChI=1S/C6H8N4O/c1-10(2)4-6-5(3-7)8-11-9-6/h4H2,1-2H3. The number of hydrogen-bond donors (Lipinski definition) is 0. The average molecular weight is 152 g/mol. The summed E-state index contributed by atoms with van der Waals surface area (Å²) in [5, 5.41) is 15.5. The molecule has 5 heteroatoms. The molecule has 0 aromatic carbocycles. The first kappa shape index (κ1) is 7.69. The van der Waals surface area contributed by atoms with Gasteiger partial charge in [-0.1, -0.05) is 5.16 Å². The van der Waals surface area contributed by atoms with Gasteiger partial charge in [-0.25, -0.2) is 4.63 Å². The second-order valence-corrected chi connectivity index (χ2v) is 2.41. The third kappa shape index (κ3) is 1.75. The molecular weight excluding hydrogens is 144 g/mol. The molecule has 0 saturated carbocycles. The van der Waals surface area contributed by atoms with Crippen molar-refractivity contribution in [3.8, 4) is 6.07 Å². The minimum Gasteiger partial charge on any atom is -0.303 e. The monoisotopic (exact) mass is 152 g/mol. The van der Waals surface area contributed by atoms with Crippen molar-refractivity contribution in [2.24, 2.45) is 0 Å². The molecule has 0 radical (unpaired) electrons. The van der Waals surface area contributed by atoms with Crippen molar-refractivity contribution in [2.45, 2.75) is 6.54 Å². The van der Waals surface area contributed by atoms with Crippen LogP contribution in [0.5, 0.6) is 0 Å². The van der Waals surface area contributed by atoms with Crippen molar-refractivity contribution in [2.75, 3.05) is 14.1 Å². The van der Waals surface area contributed by atoms with E-state index in [1.54, 1.807) is 0 Å². The summed E-state index contributed by atoms with van der Waals surface area (Å²) in [6, 6.07) is 1.89. The Morgan fingerprint density at radius 1 is 1.55 bits per heavy atom. The van der Waals surface area contributed by atoms with Crippen LogP contribution in [0.1, 0.15) is 11.4 Å². The van der Waals surface area contributed by atoms with Crippen LogP contribution in [0.4, 0.5) is 0 Å². The maximum Gasteiger partial charge on any atom is 0.209 e. The van der Waals surface area contributed by atoms with Gasteiger partial charge in [-0.05, 0) is 19.3 Å². The topological polar surface area (TPSA) is 66.0 Å². The van der Waals surface area contributed by atoms with E-state index in [4.69, 9.17) is 5.26 Å². The Balaban J connectivity index is 2.79. The summed E-state index contributed by atoms with van der Waals surface area (Å²) in [4.78, 5) is 1.89. The summed E-state index contributed by atoms with van der Waals surface area (Å²) in [6.45, 7) is 0.576. The highest BCUT2D eigenvalue weighted by molar-refractivity contribution is 5.22. The molecule has 0 aliphatic heterocycles. The first-order valence-electron chi connectivity index (χ1n) is 3.10. The predicted molar refractivity (Wildman–Crippen MR) is 36.4 cm³/mol. The summed E-state index contributed by atoms with van der Waals surface area (Å²) < 4.78 is 4.39. The highest BCUT2D eigenvalue weighted by Crippen LogP contribution is 2.02. The zero-order valence-corrected chi connectivity index (χ0v) is 6.40. The van der Waals surface area contributed by atoms with Gasteiger partial charge in [-0.15, -0.1) is 0 Å². The van der Waals surface area contributed by atoms with Gasteiger partial charge in [0.1, 0.15) is 11.8 Å². The molecule has 0 unspecified atom stereocenters. The van der Waals surface area contributed by atoms with Crippen molar-refractivity contribution < 1.29 is 4.63 Å². The predicted octanol–water partition coefficient (Wildman–Crippen LogP) is 0.00288. The lowest BCUT2D eigenvalue weighted by molar-refractivity contribution is 0.294. The van der Waals surface area contributed by atoms with Crippen molar-refractivity contribution in [1.82, 2.24) is 15.2 Å². The van der Waals surface area contributed by atoms with Gasteiger partial charge in [-0.3, -0.25) is 0 Å². The fraction of sp³-hybridized carbons (Fsp3) is 0.500. The normalized spacial score (nSPS) is 10.0. The molecule has 0 amide bonds. The molecule has 58 valence electrons. The van der Waals surface area contributed by atoms with Gasteiger partial charge >= 0.3 is 0 Å². The fourth-order valence-corrected chi connectivity index (χ4v) is 0.695. The molecule has 5 nitrogen and oxygen atoms in total. The molecule has 1 aromatic heterocycles. The van der Waals surface area contributed by atoms with E-state index in [1.807, 2.05) is 25.1 Å². The van der Waals surface area contributed by atoms with E-state index < -0.39 is 0 Å². The summed E-state index contributed by atoms with van der Waals surface area (Å²) in [5.74, 6) is 0. The van der Waals surface area contributed by atoms with E-state index >= 15 is 0 Å². The van der Waals surface area contributed by atoms with Crippen LogP contribution >= 0.6 is 0 Å². The molecule has 0 atom stereocenters. The van der Waals surface area contributed by atoms with Crippen LogP contribution in [0.2, 0.25) is 0 Å². The lowest BCUT2D eigenvalue weighted by Crippen LogP contribution is -2.11. The van der Waals surface area contributed by atoms with Crippen LogP contribution in [0.15, 0.2) is 4.63 Å². The Morgan fingerprint density at radius 2 is 2.27 bits per heavy atom. The van der Waals surface area contributed by atoms with Crippen molar-refractivity contribution in [3.05, 3.63) is 11.4 Å².